The zero-order valence-electron chi connectivity index (χ0n) is 11.0. The number of rotatable bonds is 6. The minimum absolute atomic E-state index is 0.150. The molecule has 100 valence electrons. The van der Waals surface area contributed by atoms with Gasteiger partial charge in [-0.05, 0) is 37.7 Å². The monoisotopic (exact) mass is 258 g/mol. The second kappa shape index (κ2) is 9.63. The van der Waals surface area contributed by atoms with E-state index in [2.05, 4.69) is 11.6 Å². The minimum Gasteiger partial charge on any atom is -0.338 e. The molecule has 0 saturated carbocycles. The minimum atomic E-state index is 0.150. The van der Waals surface area contributed by atoms with Crippen molar-refractivity contribution in [1.82, 2.24) is 10.2 Å². The first-order valence-electron chi connectivity index (χ1n) is 6.86. The van der Waals surface area contributed by atoms with Gasteiger partial charge in [-0.1, -0.05) is 19.3 Å². The highest BCUT2D eigenvalue weighted by Gasteiger charge is 2.14. The van der Waals surface area contributed by atoms with Gasteiger partial charge in [0.2, 0.25) is 0 Å². The van der Waals surface area contributed by atoms with Gasteiger partial charge in [0.25, 0.3) is 0 Å². The normalized spacial score (nSPS) is 16.6. The van der Waals surface area contributed by atoms with Crippen molar-refractivity contribution in [2.24, 2.45) is 0 Å². The summed E-state index contributed by atoms with van der Waals surface area (Å²) in [5.74, 6) is 1.24. The SMILES string of the molecule is CSCCCCCNC(=O)N1CCCCCC1. The molecule has 0 unspecified atom stereocenters. The number of urea groups is 1. The Morgan fingerprint density at radius 3 is 2.47 bits per heavy atom. The Balaban J connectivity index is 2.03. The predicted octanol–water partition coefficient (Wildman–Crippen LogP) is 3.11. The Morgan fingerprint density at radius 2 is 1.82 bits per heavy atom. The van der Waals surface area contributed by atoms with Crippen LogP contribution in [0.5, 0.6) is 0 Å². The van der Waals surface area contributed by atoms with Crippen LogP contribution in [-0.2, 0) is 0 Å². The smallest absolute Gasteiger partial charge is 0.317 e. The Morgan fingerprint density at radius 1 is 1.12 bits per heavy atom. The van der Waals surface area contributed by atoms with E-state index in [0.717, 1.165) is 26.1 Å². The number of likely N-dealkylation sites (tertiary alicyclic amines) is 1. The molecule has 0 aromatic heterocycles. The van der Waals surface area contributed by atoms with Crippen molar-refractivity contribution < 1.29 is 4.79 Å². The van der Waals surface area contributed by atoms with Gasteiger partial charge in [-0.3, -0.25) is 0 Å². The first-order valence-corrected chi connectivity index (χ1v) is 8.25. The van der Waals surface area contributed by atoms with E-state index in [1.165, 1.54) is 44.3 Å². The molecule has 1 saturated heterocycles. The van der Waals surface area contributed by atoms with Gasteiger partial charge in [0.15, 0.2) is 0 Å². The van der Waals surface area contributed by atoms with Crippen LogP contribution in [0, 0.1) is 0 Å². The van der Waals surface area contributed by atoms with E-state index in [4.69, 9.17) is 0 Å². The van der Waals surface area contributed by atoms with Gasteiger partial charge in [-0.15, -0.1) is 0 Å². The van der Waals surface area contributed by atoms with Crippen LogP contribution in [0.25, 0.3) is 0 Å². The van der Waals surface area contributed by atoms with Crippen molar-refractivity contribution in [1.29, 1.82) is 0 Å². The van der Waals surface area contributed by atoms with Crippen LogP contribution in [0.15, 0.2) is 0 Å². The van der Waals surface area contributed by atoms with E-state index in [1.54, 1.807) is 0 Å². The third-order valence-electron chi connectivity index (χ3n) is 3.19. The highest BCUT2D eigenvalue weighted by molar-refractivity contribution is 7.98. The maximum atomic E-state index is 11.9. The molecule has 1 N–H and O–H groups in total. The molecule has 3 nitrogen and oxygen atoms in total. The number of hydrogen-bond donors (Lipinski definition) is 1. The molecule has 1 aliphatic rings. The van der Waals surface area contributed by atoms with Gasteiger partial charge in [0.1, 0.15) is 0 Å². The third kappa shape index (κ3) is 6.81. The molecular formula is C13H26N2OS. The van der Waals surface area contributed by atoms with E-state index in [9.17, 15) is 4.79 Å². The van der Waals surface area contributed by atoms with Crippen LogP contribution in [0.4, 0.5) is 4.79 Å². The zero-order chi connectivity index (χ0) is 12.3. The van der Waals surface area contributed by atoms with Gasteiger partial charge in [-0.25, -0.2) is 4.79 Å². The van der Waals surface area contributed by atoms with E-state index in [0.29, 0.717) is 0 Å². The second-order valence-electron chi connectivity index (χ2n) is 4.69. The number of nitrogens with zero attached hydrogens (tertiary/aromatic N) is 1. The standard InChI is InChI=1S/C13H26N2OS/c1-17-12-8-4-5-9-14-13(16)15-10-6-2-3-7-11-15/h2-12H2,1H3,(H,14,16). The maximum absolute atomic E-state index is 11.9. The molecule has 1 rings (SSSR count). The lowest BCUT2D eigenvalue weighted by molar-refractivity contribution is 0.199. The number of unbranched alkanes of at least 4 members (excludes halogenated alkanes) is 2. The molecule has 17 heavy (non-hydrogen) atoms. The van der Waals surface area contributed by atoms with E-state index in [1.807, 2.05) is 16.7 Å². The number of thioether (sulfide) groups is 1. The van der Waals surface area contributed by atoms with E-state index >= 15 is 0 Å². The Bertz CT molecular complexity index is 204. The molecule has 0 atom stereocenters. The van der Waals surface area contributed by atoms with Gasteiger partial charge in [0.05, 0.1) is 0 Å². The second-order valence-corrected chi connectivity index (χ2v) is 5.67. The Hall–Kier alpha value is -0.380. The summed E-state index contributed by atoms with van der Waals surface area (Å²) in [7, 11) is 0. The molecule has 0 aromatic rings. The van der Waals surface area contributed by atoms with Crippen molar-refractivity contribution in [3.05, 3.63) is 0 Å². The van der Waals surface area contributed by atoms with Crippen molar-refractivity contribution in [3.63, 3.8) is 0 Å². The summed E-state index contributed by atoms with van der Waals surface area (Å²) >= 11 is 1.90. The number of hydrogen-bond acceptors (Lipinski definition) is 2. The molecule has 1 heterocycles. The molecule has 1 aliphatic heterocycles. The lowest BCUT2D eigenvalue weighted by Crippen LogP contribution is -2.40. The predicted molar refractivity (Wildman–Crippen MR) is 75.7 cm³/mol. The molecule has 0 bridgehead atoms. The van der Waals surface area contributed by atoms with Gasteiger partial charge in [0, 0.05) is 19.6 Å². The average Bonchev–Trinajstić information content (AvgIpc) is 2.62. The van der Waals surface area contributed by atoms with Gasteiger partial charge >= 0.3 is 6.03 Å². The van der Waals surface area contributed by atoms with Crippen molar-refractivity contribution in [2.45, 2.75) is 44.9 Å². The van der Waals surface area contributed by atoms with Crippen LogP contribution < -0.4 is 5.32 Å². The molecule has 2 amide bonds. The lowest BCUT2D eigenvalue weighted by Gasteiger charge is -2.20. The van der Waals surface area contributed by atoms with E-state index < -0.39 is 0 Å². The molecule has 4 heteroatoms. The van der Waals surface area contributed by atoms with Crippen LogP contribution in [0.2, 0.25) is 0 Å². The molecule has 1 fully saturated rings. The fourth-order valence-electron chi connectivity index (χ4n) is 2.13. The van der Waals surface area contributed by atoms with Gasteiger partial charge in [-0.2, -0.15) is 11.8 Å². The fraction of sp³-hybridized carbons (Fsp3) is 0.923. The summed E-state index contributed by atoms with van der Waals surface area (Å²) in [5.41, 5.74) is 0. The maximum Gasteiger partial charge on any atom is 0.317 e. The summed E-state index contributed by atoms with van der Waals surface area (Å²) in [4.78, 5) is 13.8. The first kappa shape index (κ1) is 14.7. The van der Waals surface area contributed by atoms with Crippen molar-refractivity contribution in [3.8, 4) is 0 Å². The van der Waals surface area contributed by atoms with Crippen LogP contribution in [-0.4, -0.2) is 42.6 Å². The van der Waals surface area contributed by atoms with Crippen LogP contribution in [0.3, 0.4) is 0 Å². The summed E-state index contributed by atoms with van der Waals surface area (Å²) in [6.45, 7) is 2.72. The Labute approximate surface area is 110 Å². The summed E-state index contributed by atoms with van der Waals surface area (Å²) in [5, 5.41) is 3.04. The highest BCUT2D eigenvalue weighted by Crippen LogP contribution is 2.09. The lowest BCUT2D eigenvalue weighted by atomic mass is 10.2. The summed E-state index contributed by atoms with van der Waals surface area (Å²) < 4.78 is 0. The third-order valence-corrected chi connectivity index (χ3v) is 3.89. The van der Waals surface area contributed by atoms with E-state index in [-0.39, 0.29) is 6.03 Å². The Kier molecular flexibility index (Phi) is 8.32. The van der Waals surface area contributed by atoms with Crippen LogP contribution in [0.1, 0.15) is 44.9 Å². The largest absolute Gasteiger partial charge is 0.338 e. The van der Waals surface area contributed by atoms with Gasteiger partial charge < -0.3 is 10.2 Å². The number of nitrogens with one attached hydrogen (secondary N) is 1. The molecule has 0 spiro atoms. The number of carbonyl (C=O) groups excluding carboxylic acids is 1. The molecule has 0 radical (unpaired) electrons. The van der Waals surface area contributed by atoms with Crippen LogP contribution >= 0.6 is 11.8 Å². The summed E-state index contributed by atoms with van der Waals surface area (Å²) in [6, 6.07) is 0.150. The quantitative estimate of drug-likeness (QED) is 0.743. The fourth-order valence-corrected chi connectivity index (χ4v) is 2.62. The molecule has 0 aromatic carbocycles. The first-order chi connectivity index (χ1) is 8.34. The topological polar surface area (TPSA) is 32.3 Å². The van der Waals surface area contributed by atoms with Crippen molar-refractivity contribution >= 4 is 17.8 Å². The highest BCUT2D eigenvalue weighted by atomic mass is 32.2. The average molecular weight is 258 g/mol. The number of carbonyl (C=O) groups is 1. The van der Waals surface area contributed by atoms with Crippen molar-refractivity contribution in [2.75, 3.05) is 31.6 Å². The number of amides is 2. The zero-order valence-corrected chi connectivity index (χ0v) is 11.9. The summed E-state index contributed by atoms with van der Waals surface area (Å²) in [6.07, 6.45) is 10.6. The molecule has 0 aliphatic carbocycles. The molecular weight excluding hydrogens is 232 g/mol.